The van der Waals surface area contributed by atoms with Gasteiger partial charge in [-0.1, -0.05) is 174 Å². The first-order valence-corrected chi connectivity index (χ1v) is 26.8. The number of carbonyl (C=O) groups excluding carboxylic acids is 1. The molecule has 0 spiro atoms. The fourth-order valence-corrected chi connectivity index (χ4v) is 9.70. The van der Waals surface area contributed by atoms with E-state index in [0.717, 1.165) is 19.3 Å². The number of carbonyl (C=O) groups is 1. The molecule has 0 unspecified atom stereocenters. The highest BCUT2D eigenvalue weighted by Crippen LogP contribution is 2.45. The van der Waals surface area contributed by atoms with E-state index < -0.39 is 34.9 Å². The van der Waals surface area contributed by atoms with Crippen LogP contribution in [0.25, 0.3) is 11.1 Å². The third-order valence-corrected chi connectivity index (χ3v) is 21.4. The van der Waals surface area contributed by atoms with E-state index in [4.69, 9.17) is 13.6 Å². The predicted molar refractivity (Wildman–Crippen MR) is 229 cm³/mol. The van der Waals surface area contributed by atoms with Gasteiger partial charge in [0.1, 0.15) is 6.61 Å². The number of aliphatic hydroxyl groups excluding tert-OH is 1. The predicted octanol–water partition coefficient (Wildman–Crippen LogP) is 12.8. The largest absolute Gasteiger partial charge is 0.449 e. The maximum atomic E-state index is 13.7. The summed E-state index contributed by atoms with van der Waals surface area (Å²) in [6.45, 7) is 24.8. The lowest BCUT2D eigenvalue weighted by Crippen LogP contribution is -2.60. The van der Waals surface area contributed by atoms with Gasteiger partial charge in [-0.25, -0.2) is 4.79 Å². The van der Waals surface area contributed by atoms with Crippen LogP contribution in [-0.2, 0) is 13.6 Å². The van der Waals surface area contributed by atoms with Crippen molar-refractivity contribution in [3.8, 4) is 11.1 Å². The molecule has 2 N–H and O–H groups in total. The minimum Gasteiger partial charge on any atom is -0.449 e. The van der Waals surface area contributed by atoms with Crippen LogP contribution in [0.5, 0.6) is 0 Å². The van der Waals surface area contributed by atoms with E-state index in [2.05, 4.69) is 116 Å². The van der Waals surface area contributed by atoms with Crippen molar-refractivity contribution in [3.63, 3.8) is 0 Å². The van der Waals surface area contributed by atoms with Crippen molar-refractivity contribution in [2.45, 2.75) is 192 Å². The molecule has 1 aliphatic carbocycles. The molecule has 0 fully saturated rings. The van der Waals surface area contributed by atoms with Gasteiger partial charge in [0.25, 0.3) is 0 Å². The smallest absolute Gasteiger partial charge is 0.407 e. The number of unbranched alkanes of at least 4 members (excludes halogenated alkanes) is 11. The molecule has 0 heterocycles. The van der Waals surface area contributed by atoms with Gasteiger partial charge in [0.15, 0.2) is 16.6 Å². The molecule has 53 heavy (non-hydrogen) atoms. The summed E-state index contributed by atoms with van der Waals surface area (Å²) in [5.74, 6) is -0.0412. The van der Waals surface area contributed by atoms with Crippen molar-refractivity contribution >= 4 is 22.7 Å². The molecule has 0 aromatic heterocycles. The van der Waals surface area contributed by atoms with Crippen LogP contribution in [0.3, 0.4) is 0 Å². The monoisotopic (exact) mass is 768 g/mol. The van der Waals surface area contributed by atoms with Crippen molar-refractivity contribution in [3.05, 3.63) is 59.7 Å². The SMILES string of the molecule is CCCCCCCCCCCCCC[C@@H](O[Si](C)(C)C(C)(C)C)[C@@H](O[Si](C)(C)C(C)(C)C)[C@H](CO)NC(=O)OCC1c2ccccc2-c2ccccc21. The quantitative estimate of drug-likeness (QED) is 0.0870. The molecule has 8 heteroatoms. The molecule has 2 aromatic rings. The number of rotatable bonds is 23. The second-order valence-electron chi connectivity index (χ2n) is 18.7. The highest BCUT2D eigenvalue weighted by atomic mass is 28.4. The van der Waals surface area contributed by atoms with Crippen LogP contribution in [0, 0.1) is 0 Å². The molecule has 3 rings (SSSR count). The van der Waals surface area contributed by atoms with Crippen molar-refractivity contribution in [2.75, 3.05) is 13.2 Å². The Balaban J connectivity index is 1.75. The molecule has 2 aromatic carbocycles. The van der Waals surface area contributed by atoms with E-state index in [1.165, 1.54) is 86.5 Å². The molecule has 1 aliphatic rings. The number of hydrogen-bond donors (Lipinski definition) is 2. The number of benzene rings is 2. The maximum Gasteiger partial charge on any atom is 0.407 e. The molecule has 1 amide bonds. The summed E-state index contributed by atoms with van der Waals surface area (Å²) in [5.41, 5.74) is 4.72. The second kappa shape index (κ2) is 20.8. The molecule has 0 radical (unpaired) electrons. The third kappa shape index (κ3) is 13.3. The highest BCUT2D eigenvalue weighted by molar-refractivity contribution is 6.74. The van der Waals surface area contributed by atoms with Gasteiger partial charge in [0, 0.05) is 5.92 Å². The average Bonchev–Trinajstić information content (AvgIpc) is 3.41. The molecular weight excluding hydrogens is 691 g/mol. The molecule has 0 saturated carbocycles. The van der Waals surface area contributed by atoms with Crippen LogP contribution >= 0.6 is 0 Å². The first kappa shape index (κ1) is 45.4. The summed E-state index contributed by atoms with van der Waals surface area (Å²) >= 11 is 0. The summed E-state index contributed by atoms with van der Waals surface area (Å²) in [4.78, 5) is 13.7. The van der Waals surface area contributed by atoms with Gasteiger partial charge >= 0.3 is 6.09 Å². The van der Waals surface area contributed by atoms with Crippen molar-refractivity contribution in [1.29, 1.82) is 0 Å². The van der Waals surface area contributed by atoms with Gasteiger partial charge in [0.05, 0.1) is 24.9 Å². The van der Waals surface area contributed by atoms with Crippen LogP contribution in [0.2, 0.25) is 36.3 Å². The Bertz CT molecular complexity index is 1340. The summed E-state index contributed by atoms with van der Waals surface area (Å²) < 4.78 is 20.4. The third-order valence-electron chi connectivity index (χ3n) is 12.4. The number of ether oxygens (including phenoxy) is 1. The molecular formula is C45H77NO5Si2. The van der Waals surface area contributed by atoms with Gasteiger partial charge in [-0.3, -0.25) is 0 Å². The van der Waals surface area contributed by atoms with Gasteiger partial charge in [-0.15, -0.1) is 0 Å². The zero-order valence-electron chi connectivity index (χ0n) is 35.6. The summed E-state index contributed by atoms with van der Waals surface area (Å²) in [5, 5.41) is 14.0. The standard InChI is InChI=1S/C45H77NO5Si2/c1-12-13-14-15-16-17-18-19-20-21-22-23-32-41(50-52(8,9)44(2,3)4)42(51-53(10,11)45(5,6)7)40(33-47)46-43(48)49-34-39-37-30-26-24-28-35(37)36-29-25-27-31-38(36)39/h24-31,39-42,47H,12-23,32-34H2,1-11H3,(H,46,48)/t40-,41+,42-/m0/s1. The summed E-state index contributed by atoms with van der Waals surface area (Å²) in [6, 6.07) is 16.0. The van der Waals surface area contributed by atoms with Crippen LogP contribution in [0.15, 0.2) is 48.5 Å². The molecule has 6 nitrogen and oxygen atoms in total. The Hall–Kier alpha value is -1.98. The van der Waals surface area contributed by atoms with Crippen LogP contribution in [-0.4, -0.2) is 59.3 Å². The summed E-state index contributed by atoms with van der Waals surface area (Å²) in [7, 11) is -4.60. The number of fused-ring (bicyclic) bond motifs is 3. The van der Waals surface area contributed by atoms with Crippen molar-refractivity contribution < 1.29 is 23.5 Å². The number of amides is 1. The van der Waals surface area contributed by atoms with Gasteiger partial charge in [-0.05, 0) is 64.9 Å². The van der Waals surface area contributed by atoms with Gasteiger partial charge in [-0.2, -0.15) is 0 Å². The van der Waals surface area contributed by atoms with Crippen molar-refractivity contribution in [2.24, 2.45) is 0 Å². The summed E-state index contributed by atoms with van der Waals surface area (Å²) in [6.07, 6.45) is 15.0. The maximum absolute atomic E-state index is 13.7. The van der Waals surface area contributed by atoms with Gasteiger partial charge in [0.2, 0.25) is 0 Å². The zero-order chi connectivity index (χ0) is 39.3. The van der Waals surface area contributed by atoms with Crippen LogP contribution < -0.4 is 5.32 Å². The molecule has 0 aliphatic heterocycles. The normalized spacial score (nSPS) is 15.5. The minimum atomic E-state index is -2.35. The topological polar surface area (TPSA) is 77.0 Å². The molecule has 0 saturated heterocycles. The van der Waals surface area contributed by atoms with Crippen LogP contribution in [0.1, 0.15) is 149 Å². The average molecular weight is 768 g/mol. The Morgan fingerprint density at radius 1 is 0.698 bits per heavy atom. The van der Waals surface area contributed by atoms with E-state index >= 15 is 0 Å². The van der Waals surface area contributed by atoms with Crippen molar-refractivity contribution in [1.82, 2.24) is 5.32 Å². The Kier molecular flexibility index (Phi) is 17.8. The number of hydrogen-bond acceptors (Lipinski definition) is 5. The first-order valence-electron chi connectivity index (χ1n) is 21.0. The lowest BCUT2D eigenvalue weighted by atomic mass is 9.98. The fraction of sp³-hybridized carbons (Fsp3) is 0.711. The molecule has 3 atom stereocenters. The second-order valence-corrected chi connectivity index (χ2v) is 28.2. The van der Waals surface area contributed by atoms with E-state index in [-0.39, 0.29) is 35.3 Å². The fourth-order valence-electron chi connectivity index (χ4n) is 6.99. The molecule has 0 bridgehead atoms. The van der Waals surface area contributed by atoms with Crippen LogP contribution in [0.4, 0.5) is 4.79 Å². The number of alkyl carbamates (subject to hydrolysis) is 1. The number of nitrogens with one attached hydrogen (secondary N) is 1. The number of aliphatic hydroxyl groups is 1. The van der Waals surface area contributed by atoms with E-state index in [9.17, 15) is 9.90 Å². The highest BCUT2D eigenvalue weighted by Gasteiger charge is 2.47. The lowest BCUT2D eigenvalue weighted by molar-refractivity contribution is -0.00689. The minimum absolute atomic E-state index is 0.00174. The Morgan fingerprint density at radius 3 is 1.58 bits per heavy atom. The zero-order valence-corrected chi connectivity index (χ0v) is 37.6. The Labute approximate surface area is 326 Å². The Morgan fingerprint density at radius 2 is 1.13 bits per heavy atom. The van der Waals surface area contributed by atoms with E-state index in [1.807, 2.05) is 12.1 Å². The van der Waals surface area contributed by atoms with E-state index in [1.54, 1.807) is 0 Å². The first-order chi connectivity index (χ1) is 24.9. The molecule has 300 valence electrons. The van der Waals surface area contributed by atoms with Gasteiger partial charge < -0.3 is 24.0 Å². The van der Waals surface area contributed by atoms with E-state index in [0.29, 0.717) is 0 Å². The lowest BCUT2D eigenvalue weighted by Gasteiger charge is -2.47.